The van der Waals surface area contributed by atoms with E-state index >= 15 is 0 Å². The lowest BCUT2D eigenvalue weighted by atomic mass is 10.0. The molecule has 1 N–H and O–H groups in total. The number of likely N-dealkylation sites (N-methyl/N-ethyl adjacent to an activating group) is 1. The van der Waals surface area contributed by atoms with Crippen molar-refractivity contribution in [2.75, 3.05) is 33.3 Å². The molecule has 1 aromatic rings. The predicted octanol–water partition coefficient (Wildman–Crippen LogP) is 3.08. The van der Waals surface area contributed by atoms with E-state index < -0.39 is 0 Å². The zero-order valence-electron chi connectivity index (χ0n) is 13.3. The molecule has 2 fully saturated rings. The van der Waals surface area contributed by atoms with Crippen LogP contribution in [-0.2, 0) is 0 Å². The second-order valence-electron chi connectivity index (χ2n) is 6.51. The average molecular weight is 288 g/mol. The first kappa shape index (κ1) is 14.9. The Labute approximate surface area is 128 Å². The van der Waals surface area contributed by atoms with Gasteiger partial charge in [-0.2, -0.15) is 0 Å². The summed E-state index contributed by atoms with van der Waals surface area (Å²) in [6, 6.07) is 8.98. The van der Waals surface area contributed by atoms with Crippen LogP contribution in [0.3, 0.4) is 0 Å². The second-order valence-corrected chi connectivity index (χ2v) is 6.51. The van der Waals surface area contributed by atoms with Crippen molar-refractivity contribution in [2.45, 2.75) is 32.2 Å². The third-order valence-corrected chi connectivity index (χ3v) is 5.18. The summed E-state index contributed by atoms with van der Waals surface area (Å²) in [5, 5.41) is 3.48. The van der Waals surface area contributed by atoms with Crippen LogP contribution >= 0.6 is 0 Å². The second kappa shape index (κ2) is 6.80. The minimum atomic E-state index is 0.416. The largest absolute Gasteiger partial charge is 0.494 e. The predicted molar refractivity (Wildman–Crippen MR) is 86.7 cm³/mol. The number of nitrogens with zero attached hydrogens (tertiary/aromatic N) is 1. The van der Waals surface area contributed by atoms with Gasteiger partial charge in [-0.25, -0.2) is 0 Å². The molecule has 0 radical (unpaired) electrons. The minimum absolute atomic E-state index is 0.416. The van der Waals surface area contributed by atoms with Gasteiger partial charge >= 0.3 is 0 Å². The van der Waals surface area contributed by atoms with E-state index in [1.807, 2.05) is 6.92 Å². The zero-order chi connectivity index (χ0) is 14.7. The lowest BCUT2D eigenvalue weighted by molar-refractivity contribution is 0.278. The van der Waals surface area contributed by atoms with E-state index in [4.69, 9.17) is 4.74 Å². The van der Waals surface area contributed by atoms with Gasteiger partial charge in [-0.05, 0) is 56.3 Å². The van der Waals surface area contributed by atoms with Gasteiger partial charge in [0, 0.05) is 25.7 Å². The maximum atomic E-state index is 5.53. The van der Waals surface area contributed by atoms with E-state index in [2.05, 4.69) is 41.5 Å². The number of likely N-dealkylation sites (tertiary alicyclic amines) is 1. The van der Waals surface area contributed by atoms with Crippen molar-refractivity contribution in [3.63, 3.8) is 0 Å². The quantitative estimate of drug-likeness (QED) is 0.870. The van der Waals surface area contributed by atoms with Crippen LogP contribution in [0.2, 0.25) is 0 Å². The first-order valence-corrected chi connectivity index (χ1v) is 8.42. The highest BCUT2D eigenvalue weighted by atomic mass is 16.5. The molecule has 1 aromatic carbocycles. The molecule has 116 valence electrons. The summed E-state index contributed by atoms with van der Waals surface area (Å²) in [4.78, 5) is 2.66. The topological polar surface area (TPSA) is 24.5 Å². The van der Waals surface area contributed by atoms with Crippen molar-refractivity contribution in [3.8, 4) is 5.75 Å². The highest BCUT2D eigenvalue weighted by Crippen LogP contribution is 2.38. The van der Waals surface area contributed by atoms with E-state index in [0.717, 1.165) is 30.7 Å². The summed E-state index contributed by atoms with van der Waals surface area (Å²) in [7, 11) is 2.07. The lowest BCUT2D eigenvalue weighted by Crippen LogP contribution is -2.33. The third kappa shape index (κ3) is 3.41. The van der Waals surface area contributed by atoms with Crippen molar-refractivity contribution in [2.24, 2.45) is 11.8 Å². The van der Waals surface area contributed by atoms with Gasteiger partial charge in [-0.1, -0.05) is 18.6 Å². The fourth-order valence-electron chi connectivity index (χ4n) is 4.07. The summed E-state index contributed by atoms with van der Waals surface area (Å²) in [6.45, 7) is 6.48. The summed E-state index contributed by atoms with van der Waals surface area (Å²) < 4.78 is 5.53. The van der Waals surface area contributed by atoms with Crippen LogP contribution in [0.4, 0.5) is 0 Å². The van der Waals surface area contributed by atoms with Gasteiger partial charge in [0.1, 0.15) is 5.75 Å². The molecule has 1 aliphatic heterocycles. The van der Waals surface area contributed by atoms with Crippen LogP contribution in [0, 0.1) is 11.8 Å². The molecule has 2 aliphatic rings. The molecule has 3 nitrogen and oxygen atoms in total. The maximum absolute atomic E-state index is 5.53. The average Bonchev–Trinajstić information content (AvgIpc) is 3.07. The molecule has 1 heterocycles. The van der Waals surface area contributed by atoms with Crippen molar-refractivity contribution < 1.29 is 4.74 Å². The van der Waals surface area contributed by atoms with Crippen LogP contribution < -0.4 is 10.1 Å². The molecule has 0 spiro atoms. The van der Waals surface area contributed by atoms with Gasteiger partial charge in [-0.3, -0.25) is 0 Å². The molecule has 0 amide bonds. The first-order valence-electron chi connectivity index (χ1n) is 8.42. The molecule has 21 heavy (non-hydrogen) atoms. The molecule has 3 heteroatoms. The Morgan fingerprint density at radius 3 is 2.43 bits per heavy atom. The fraction of sp³-hybridized carbons (Fsp3) is 0.667. The molecule has 3 unspecified atom stereocenters. The third-order valence-electron chi connectivity index (χ3n) is 5.18. The molecule has 3 rings (SSSR count). The van der Waals surface area contributed by atoms with Gasteiger partial charge in [0.05, 0.1) is 6.61 Å². The number of hydrogen-bond donors (Lipinski definition) is 1. The van der Waals surface area contributed by atoms with Gasteiger partial charge in [-0.15, -0.1) is 0 Å². The van der Waals surface area contributed by atoms with Crippen molar-refractivity contribution in [1.82, 2.24) is 10.2 Å². The number of fused-ring (bicyclic) bond motifs is 1. The normalized spacial score (nSPS) is 26.8. The molecule has 1 saturated heterocycles. The summed E-state index contributed by atoms with van der Waals surface area (Å²) in [6.07, 6.45) is 4.36. The Kier molecular flexibility index (Phi) is 4.81. The van der Waals surface area contributed by atoms with Crippen LogP contribution in [0.5, 0.6) is 5.75 Å². The molecular weight excluding hydrogens is 260 g/mol. The Balaban J connectivity index is 1.59. The Bertz CT molecular complexity index is 433. The fourth-order valence-corrected chi connectivity index (χ4v) is 4.07. The van der Waals surface area contributed by atoms with Gasteiger partial charge in [0.15, 0.2) is 0 Å². The standard InChI is InChI=1S/C18H28N2O/c1-3-21-17-9-7-14(8-10-17)18(19-2)13-20-11-15-5-4-6-16(15)12-20/h7-10,15-16,18-19H,3-6,11-13H2,1-2H3. The van der Waals surface area contributed by atoms with E-state index in [1.54, 1.807) is 0 Å². The highest BCUT2D eigenvalue weighted by Gasteiger charge is 2.36. The Morgan fingerprint density at radius 2 is 1.86 bits per heavy atom. The zero-order valence-corrected chi connectivity index (χ0v) is 13.3. The van der Waals surface area contributed by atoms with Crippen molar-refractivity contribution in [3.05, 3.63) is 29.8 Å². The number of rotatable bonds is 6. The lowest BCUT2D eigenvalue weighted by Gasteiger charge is -2.24. The van der Waals surface area contributed by atoms with Crippen molar-refractivity contribution >= 4 is 0 Å². The monoisotopic (exact) mass is 288 g/mol. The van der Waals surface area contributed by atoms with Crippen LogP contribution in [0.1, 0.15) is 37.8 Å². The van der Waals surface area contributed by atoms with E-state index in [9.17, 15) is 0 Å². The minimum Gasteiger partial charge on any atom is -0.494 e. The van der Waals surface area contributed by atoms with Crippen LogP contribution in [-0.4, -0.2) is 38.2 Å². The first-order chi connectivity index (χ1) is 10.3. The molecule has 1 saturated carbocycles. The summed E-state index contributed by atoms with van der Waals surface area (Å²) in [5.74, 6) is 2.91. The van der Waals surface area contributed by atoms with E-state index in [1.165, 1.54) is 37.9 Å². The SMILES string of the molecule is CCOc1ccc(C(CN2CC3CCCC3C2)NC)cc1. The number of nitrogens with one attached hydrogen (secondary N) is 1. The summed E-state index contributed by atoms with van der Waals surface area (Å²) >= 11 is 0. The van der Waals surface area contributed by atoms with E-state index in [0.29, 0.717) is 6.04 Å². The van der Waals surface area contributed by atoms with Crippen LogP contribution in [0.15, 0.2) is 24.3 Å². The van der Waals surface area contributed by atoms with Crippen molar-refractivity contribution in [1.29, 1.82) is 0 Å². The van der Waals surface area contributed by atoms with Gasteiger partial charge < -0.3 is 15.0 Å². The number of benzene rings is 1. The van der Waals surface area contributed by atoms with Gasteiger partial charge in [0.2, 0.25) is 0 Å². The number of ether oxygens (including phenoxy) is 1. The van der Waals surface area contributed by atoms with E-state index in [-0.39, 0.29) is 0 Å². The Hall–Kier alpha value is -1.06. The molecule has 1 aliphatic carbocycles. The Morgan fingerprint density at radius 1 is 1.19 bits per heavy atom. The molecule has 0 bridgehead atoms. The molecule has 0 aromatic heterocycles. The van der Waals surface area contributed by atoms with Crippen LogP contribution in [0.25, 0.3) is 0 Å². The molecular formula is C18H28N2O. The number of hydrogen-bond acceptors (Lipinski definition) is 3. The highest BCUT2D eigenvalue weighted by molar-refractivity contribution is 5.29. The van der Waals surface area contributed by atoms with Gasteiger partial charge in [0.25, 0.3) is 0 Å². The smallest absolute Gasteiger partial charge is 0.119 e. The summed E-state index contributed by atoms with van der Waals surface area (Å²) in [5.41, 5.74) is 1.36. The maximum Gasteiger partial charge on any atom is 0.119 e. The molecule has 3 atom stereocenters.